The predicted molar refractivity (Wildman–Crippen MR) is 165 cm³/mol. The van der Waals surface area contributed by atoms with Gasteiger partial charge in [-0.25, -0.2) is 4.79 Å². The van der Waals surface area contributed by atoms with E-state index in [1.54, 1.807) is 32.8 Å². The molecule has 250 valence electrons. The fourth-order valence-electron chi connectivity index (χ4n) is 5.95. The first-order chi connectivity index (χ1) is 20.1. The van der Waals surface area contributed by atoms with Crippen LogP contribution in [0.25, 0.3) is 0 Å². The second kappa shape index (κ2) is 13.8. The number of hydrogen-bond donors (Lipinski definition) is 4. The minimum absolute atomic E-state index is 0.00180. The van der Waals surface area contributed by atoms with Gasteiger partial charge in [-0.15, -0.1) is 0 Å². The van der Waals surface area contributed by atoms with Crippen LogP contribution in [-0.4, -0.2) is 101 Å². The third kappa shape index (κ3) is 8.48. The summed E-state index contributed by atoms with van der Waals surface area (Å²) < 4.78 is 5.80. The van der Waals surface area contributed by atoms with Crippen LogP contribution in [0.3, 0.4) is 0 Å². The van der Waals surface area contributed by atoms with Crippen LogP contribution in [0, 0.1) is 11.3 Å². The van der Waals surface area contributed by atoms with Crippen LogP contribution in [0.1, 0.15) is 93.9 Å². The van der Waals surface area contributed by atoms with Crippen LogP contribution in [0.4, 0.5) is 4.79 Å². The van der Waals surface area contributed by atoms with Gasteiger partial charge in [0.1, 0.15) is 6.04 Å². The smallest absolute Gasteiger partial charge is 0.410 e. The molecule has 3 unspecified atom stereocenters. The lowest BCUT2D eigenvalue weighted by atomic mass is 9.80. The number of Topliss-reactive ketones (excluding diaryl/α,β-unsaturated/α-hetero) is 1. The third-order valence-electron chi connectivity index (χ3n) is 9.10. The lowest BCUT2D eigenvalue weighted by Crippen LogP contribution is -2.63. The molecule has 3 aliphatic rings. The number of carbonyl (C=O) groups excluding carboxylic acids is 6. The summed E-state index contributed by atoms with van der Waals surface area (Å²) in [5.41, 5.74) is 3.16. The Morgan fingerprint density at radius 3 is 2.07 bits per heavy atom. The molecule has 5 N–H and O–H groups in total. The zero-order valence-corrected chi connectivity index (χ0v) is 28.2. The van der Waals surface area contributed by atoms with Gasteiger partial charge in [0.05, 0.1) is 24.2 Å². The van der Waals surface area contributed by atoms with Crippen molar-refractivity contribution < 1.29 is 33.5 Å². The Hall–Kier alpha value is -3.22. The Bertz CT molecular complexity index is 1110. The van der Waals surface area contributed by atoms with Crippen molar-refractivity contribution in [2.45, 2.75) is 129 Å². The van der Waals surface area contributed by atoms with Crippen molar-refractivity contribution in [3.8, 4) is 0 Å². The van der Waals surface area contributed by atoms with Gasteiger partial charge in [-0.3, -0.25) is 24.0 Å². The summed E-state index contributed by atoms with van der Waals surface area (Å²) in [4.78, 5) is 76.9. The fourth-order valence-corrected chi connectivity index (χ4v) is 5.95. The van der Waals surface area contributed by atoms with Crippen LogP contribution in [0.2, 0.25) is 0 Å². The topological polar surface area (TPSA) is 180 Å². The number of ether oxygens (including phenoxy) is 1. The second-order valence-electron chi connectivity index (χ2n) is 14.8. The molecule has 0 bridgehead atoms. The van der Waals surface area contributed by atoms with Gasteiger partial charge in [-0.05, 0) is 72.3 Å². The summed E-state index contributed by atoms with van der Waals surface area (Å²) in [6.07, 6.45) is 4.94. The Morgan fingerprint density at radius 2 is 1.70 bits per heavy atom. The minimum Gasteiger partial charge on any atom is -0.439 e. The molecule has 0 aromatic heterocycles. The van der Waals surface area contributed by atoms with Crippen molar-refractivity contribution in [1.82, 2.24) is 25.8 Å². The van der Waals surface area contributed by atoms with E-state index in [2.05, 4.69) is 16.0 Å². The summed E-state index contributed by atoms with van der Waals surface area (Å²) in [5, 5.41) is 8.37. The SMILES string of the molecule is CC(C)(C)NC=O.CN[C@H](C(=O)N(CC1(C)OC(=O)N(C)C12CC2)C(C)C(=O)NC(CC1CCC1)C(=O)C(N)=O)C(C)(C)C. The molecule has 1 heterocycles. The molecular formula is C31H54N6O7. The predicted octanol–water partition coefficient (Wildman–Crippen LogP) is 1.47. The number of nitrogens with one attached hydrogen (secondary N) is 3. The zero-order valence-electron chi connectivity index (χ0n) is 28.2. The van der Waals surface area contributed by atoms with Gasteiger partial charge >= 0.3 is 6.09 Å². The maximum Gasteiger partial charge on any atom is 0.410 e. The monoisotopic (exact) mass is 622 g/mol. The van der Waals surface area contributed by atoms with Gasteiger partial charge < -0.3 is 36.2 Å². The highest BCUT2D eigenvalue weighted by molar-refractivity contribution is 6.37. The molecule has 1 spiro atoms. The second-order valence-corrected chi connectivity index (χ2v) is 14.8. The van der Waals surface area contributed by atoms with Crippen LogP contribution in [0.15, 0.2) is 0 Å². The number of carbonyl (C=O) groups is 6. The van der Waals surface area contributed by atoms with E-state index < -0.39 is 58.4 Å². The molecule has 0 aromatic rings. The molecule has 0 aromatic carbocycles. The number of primary amides is 1. The molecule has 5 amide bonds. The molecule has 44 heavy (non-hydrogen) atoms. The lowest BCUT2D eigenvalue weighted by molar-refractivity contribution is -0.148. The van der Waals surface area contributed by atoms with E-state index in [9.17, 15) is 28.8 Å². The highest BCUT2D eigenvalue weighted by Gasteiger charge is 2.69. The quantitative estimate of drug-likeness (QED) is 0.187. The average Bonchev–Trinajstić information content (AvgIpc) is 3.66. The van der Waals surface area contributed by atoms with Crippen molar-refractivity contribution in [2.24, 2.45) is 17.1 Å². The molecule has 3 fully saturated rings. The van der Waals surface area contributed by atoms with Gasteiger partial charge in [0.15, 0.2) is 5.60 Å². The highest BCUT2D eigenvalue weighted by Crippen LogP contribution is 2.55. The number of amides is 5. The number of nitrogens with two attached hydrogens (primary N) is 1. The van der Waals surface area contributed by atoms with Gasteiger partial charge in [0, 0.05) is 12.6 Å². The number of nitrogens with zero attached hydrogens (tertiary/aromatic N) is 2. The fraction of sp³-hybridized carbons (Fsp3) is 0.806. The van der Waals surface area contributed by atoms with Gasteiger partial charge in [0.2, 0.25) is 24.0 Å². The molecule has 3 rings (SSSR count). The number of rotatable bonds is 12. The first-order valence-corrected chi connectivity index (χ1v) is 15.4. The van der Waals surface area contributed by atoms with E-state index in [4.69, 9.17) is 10.5 Å². The standard InChI is InChI=1S/C26H43N5O6.C5H11NO/c1-15(21(34)29-17(18(32)20(27)33)13-16-9-8-10-16)31(22(35)19(28-6)24(2,3)4)14-25(5)26(11-12-26)30(7)23(36)37-25;1-5(2,3)6-4-7/h15-17,19,28H,8-14H2,1-7H3,(H2,27,33)(H,29,34);4H,1-3H3,(H,6,7)/t15?,17?,19-,25?;/m1./s1. The zero-order chi connectivity index (χ0) is 33.8. The highest BCUT2D eigenvalue weighted by atomic mass is 16.6. The van der Waals surface area contributed by atoms with Crippen molar-refractivity contribution in [3.05, 3.63) is 0 Å². The van der Waals surface area contributed by atoms with E-state index >= 15 is 0 Å². The molecule has 1 aliphatic heterocycles. The number of ketones is 1. The summed E-state index contributed by atoms with van der Waals surface area (Å²) in [7, 11) is 3.37. The van der Waals surface area contributed by atoms with Crippen LogP contribution < -0.4 is 21.7 Å². The Morgan fingerprint density at radius 1 is 1.14 bits per heavy atom. The molecule has 13 heteroatoms. The van der Waals surface area contributed by atoms with E-state index in [0.717, 1.165) is 32.1 Å². The summed E-state index contributed by atoms with van der Waals surface area (Å²) in [6, 6.07) is -2.68. The van der Waals surface area contributed by atoms with Crippen LogP contribution in [0.5, 0.6) is 0 Å². The van der Waals surface area contributed by atoms with Crippen LogP contribution >= 0.6 is 0 Å². The van der Waals surface area contributed by atoms with Crippen molar-refractivity contribution in [1.29, 1.82) is 0 Å². The molecule has 1 saturated heterocycles. The van der Waals surface area contributed by atoms with Crippen molar-refractivity contribution >= 4 is 36.0 Å². The normalized spacial score (nSPS) is 22.8. The average molecular weight is 623 g/mol. The van der Waals surface area contributed by atoms with Crippen molar-refractivity contribution in [3.63, 3.8) is 0 Å². The van der Waals surface area contributed by atoms with E-state index in [1.165, 1.54) is 4.90 Å². The van der Waals surface area contributed by atoms with Crippen LogP contribution in [-0.2, 0) is 28.7 Å². The molecule has 0 radical (unpaired) electrons. The first kappa shape index (κ1) is 37.0. The maximum atomic E-state index is 13.9. The maximum absolute atomic E-state index is 13.9. The lowest BCUT2D eigenvalue weighted by Gasteiger charge is -2.42. The summed E-state index contributed by atoms with van der Waals surface area (Å²) >= 11 is 0. The van der Waals surface area contributed by atoms with Crippen molar-refractivity contribution in [2.75, 3.05) is 20.6 Å². The molecule has 2 saturated carbocycles. The number of likely N-dealkylation sites (N-methyl/N-ethyl adjacent to an activating group) is 2. The number of cyclic esters (lactones) is 1. The number of hydrogen-bond acceptors (Lipinski definition) is 8. The largest absolute Gasteiger partial charge is 0.439 e. The van der Waals surface area contributed by atoms with Gasteiger partial charge in [-0.1, -0.05) is 40.0 Å². The van der Waals surface area contributed by atoms with Gasteiger partial charge in [0.25, 0.3) is 5.91 Å². The first-order valence-electron chi connectivity index (χ1n) is 15.4. The Balaban J connectivity index is 0.000000860. The summed E-state index contributed by atoms with van der Waals surface area (Å²) in [5.74, 6) is -2.60. The minimum atomic E-state index is -1.10. The van der Waals surface area contributed by atoms with Gasteiger partial charge in [-0.2, -0.15) is 0 Å². The molecule has 4 atom stereocenters. The Labute approximate surface area is 261 Å². The van der Waals surface area contributed by atoms with E-state index in [-0.39, 0.29) is 23.9 Å². The third-order valence-corrected chi connectivity index (χ3v) is 9.10. The van der Waals surface area contributed by atoms with E-state index in [1.807, 2.05) is 41.5 Å². The molecule has 13 nitrogen and oxygen atoms in total. The summed E-state index contributed by atoms with van der Waals surface area (Å²) in [6.45, 7) is 14.9. The Kier molecular flexibility index (Phi) is 11.6. The molecule has 2 aliphatic carbocycles. The van der Waals surface area contributed by atoms with E-state index in [0.29, 0.717) is 12.8 Å². The molecular weight excluding hydrogens is 568 g/mol.